The fourth-order valence-electron chi connectivity index (χ4n) is 1.80. The van der Waals surface area contributed by atoms with Crippen LogP contribution < -0.4 is 10.0 Å². The first kappa shape index (κ1) is 16.0. The van der Waals surface area contributed by atoms with Crippen LogP contribution in [-0.2, 0) is 10.0 Å². The highest BCUT2D eigenvalue weighted by atomic mass is 32.2. The zero-order chi connectivity index (χ0) is 16.3. The molecule has 116 valence electrons. The molecule has 0 atom stereocenters. The fourth-order valence-corrected chi connectivity index (χ4v) is 2.87. The van der Waals surface area contributed by atoms with E-state index in [0.29, 0.717) is 0 Å². The Labute approximate surface area is 128 Å². The Hall–Kier alpha value is -2.41. The van der Waals surface area contributed by atoms with Gasteiger partial charge in [0.25, 0.3) is 15.9 Å². The van der Waals surface area contributed by atoms with Crippen molar-refractivity contribution in [1.29, 1.82) is 0 Å². The molecule has 2 aromatic carbocycles. The van der Waals surface area contributed by atoms with E-state index >= 15 is 0 Å². The molecule has 0 aliphatic carbocycles. The maximum Gasteiger partial charge on any atom is 0.261 e. The third kappa shape index (κ3) is 3.43. The summed E-state index contributed by atoms with van der Waals surface area (Å²) < 4.78 is 40.5. The van der Waals surface area contributed by atoms with Crippen LogP contribution >= 0.6 is 0 Å². The van der Waals surface area contributed by atoms with Crippen molar-refractivity contribution in [2.75, 3.05) is 11.8 Å². The predicted octanol–water partition coefficient (Wildman–Crippen LogP) is 2.29. The molecule has 0 heterocycles. The van der Waals surface area contributed by atoms with Crippen LogP contribution in [0, 0.1) is 12.7 Å². The van der Waals surface area contributed by atoms with Crippen LogP contribution in [0.2, 0.25) is 0 Å². The highest BCUT2D eigenvalue weighted by Crippen LogP contribution is 2.20. The van der Waals surface area contributed by atoms with Crippen molar-refractivity contribution < 1.29 is 17.6 Å². The molecule has 7 heteroatoms. The lowest BCUT2D eigenvalue weighted by atomic mass is 10.2. The number of benzene rings is 2. The van der Waals surface area contributed by atoms with E-state index in [4.69, 9.17) is 0 Å². The first-order chi connectivity index (χ1) is 10.3. The number of anilines is 1. The van der Waals surface area contributed by atoms with Crippen molar-refractivity contribution in [3.05, 3.63) is 59.4 Å². The van der Waals surface area contributed by atoms with Crippen molar-refractivity contribution in [2.24, 2.45) is 0 Å². The lowest BCUT2D eigenvalue weighted by Crippen LogP contribution is -2.18. The normalized spacial score (nSPS) is 11.0. The lowest BCUT2D eigenvalue weighted by molar-refractivity contribution is 0.0962. The van der Waals surface area contributed by atoms with Crippen molar-refractivity contribution >= 4 is 21.6 Å². The van der Waals surface area contributed by atoms with E-state index in [1.54, 1.807) is 12.1 Å². The molecule has 5 nitrogen and oxygen atoms in total. The van der Waals surface area contributed by atoms with E-state index in [1.165, 1.54) is 31.3 Å². The molecule has 0 fully saturated rings. The highest BCUT2D eigenvalue weighted by Gasteiger charge is 2.17. The molecule has 2 aromatic rings. The number of aryl methyl sites for hydroxylation is 1. The van der Waals surface area contributed by atoms with Gasteiger partial charge in [0, 0.05) is 12.6 Å². The molecule has 0 saturated carbocycles. The van der Waals surface area contributed by atoms with Crippen molar-refractivity contribution in [3.8, 4) is 0 Å². The number of halogens is 1. The average Bonchev–Trinajstić information content (AvgIpc) is 2.48. The van der Waals surface area contributed by atoms with Crippen molar-refractivity contribution in [1.82, 2.24) is 5.32 Å². The topological polar surface area (TPSA) is 75.3 Å². The Kier molecular flexibility index (Phi) is 4.46. The smallest absolute Gasteiger partial charge is 0.261 e. The summed E-state index contributed by atoms with van der Waals surface area (Å²) >= 11 is 0. The predicted molar refractivity (Wildman–Crippen MR) is 81.8 cm³/mol. The van der Waals surface area contributed by atoms with Gasteiger partial charge in [-0.25, -0.2) is 12.8 Å². The number of hydrogen-bond acceptors (Lipinski definition) is 3. The van der Waals surface area contributed by atoms with Crippen LogP contribution in [0.5, 0.6) is 0 Å². The van der Waals surface area contributed by atoms with Gasteiger partial charge in [0.15, 0.2) is 0 Å². The van der Waals surface area contributed by atoms with Gasteiger partial charge >= 0.3 is 0 Å². The number of carbonyl (C=O) groups is 1. The number of hydrogen-bond donors (Lipinski definition) is 2. The molecule has 2 N–H and O–H groups in total. The van der Waals surface area contributed by atoms with Crippen LogP contribution in [-0.4, -0.2) is 21.4 Å². The van der Waals surface area contributed by atoms with Gasteiger partial charge in [-0.05, 0) is 37.3 Å². The van der Waals surface area contributed by atoms with E-state index in [-0.39, 0.29) is 16.1 Å². The zero-order valence-electron chi connectivity index (χ0n) is 12.1. The second-order valence-electron chi connectivity index (χ2n) is 4.69. The summed E-state index contributed by atoms with van der Waals surface area (Å²) in [7, 11) is -2.46. The molecule has 0 aromatic heterocycles. The molecule has 0 radical (unpaired) electrons. The van der Waals surface area contributed by atoms with Crippen LogP contribution in [0.3, 0.4) is 0 Å². The quantitative estimate of drug-likeness (QED) is 0.907. The van der Waals surface area contributed by atoms with Crippen molar-refractivity contribution in [3.63, 3.8) is 0 Å². The standard InChI is InChI=1S/C15H15FN2O3S/c1-10-3-6-12(7-4-10)22(20,21)18-14-8-5-11(9-13(14)16)15(19)17-2/h3-9,18H,1-2H3,(H,17,19). The zero-order valence-corrected chi connectivity index (χ0v) is 12.9. The Morgan fingerprint density at radius 3 is 2.27 bits per heavy atom. The molecule has 0 aliphatic rings. The van der Waals surface area contributed by atoms with E-state index in [1.807, 2.05) is 6.92 Å². The van der Waals surface area contributed by atoms with Gasteiger partial charge in [0.2, 0.25) is 0 Å². The van der Waals surface area contributed by atoms with Gasteiger partial charge in [0.1, 0.15) is 5.82 Å². The van der Waals surface area contributed by atoms with Gasteiger partial charge in [0.05, 0.1) is 10.6 Å². The average molecular weight is 322 g/mol. The molecular formula is C15H15FN2O3S. The van der Waals surface area contributed by atoms with Crippen LogP contribution in [0.15, 0.2) is 47.4 Å². The van der Waals surface area contributed by atoms with Crippen LogP contribution in [0.25, 0.3) is 0 Å². The van der Waals surface area contributed by atoms with Gasteiger partial charge in [-0.2, -0.15) is 0 Å². The Balaban J connectivity index is 2.30. The molecule has 0 bridgehead atoms. The number of carbonyl (C=O) groups excluding carboxylic acids is 1. The molecule has 1 amide bonds. The molecule has 0 unspecified atom stereocenters. The second-order valence-corrected chi connectivity index (χ2v) is 6.37. The van der Waals surface area contributed by atoms with E-state index in [9.17, 15) is 17.6 Å². The van der Waals surface area contributed by atoms with Gasteiger partial charge < -0.3 is 5.32 Å². The Morgan fingerprint density at radius 1 is 1.09 bits per heavy atom. The summed E-state index contributed by atoms with van der Waals surface area (Å²) in [6, 6.07) is 9.72. The third-order valence-corrected chi connectivity index (χ3v) is 4.42. The first-order valence-corrected chi connectivity index (χ1v) is 7.93. The molecule has 0 saturated heterocycles. The van der Waals surface area contributed by atoms with E-state index < -0.39 is 21.7 Å². The summed E-state index contributed by atoms with van der Waals surface area (Å²) in [5.74, 6) is -1.27. The number of sulfonamides is 1. The SMILES string of the molecule is CNC(=O)c1ccc(NS(=O)(=O)c2ccc(C)cc2)c(F)c1. The van der Waals surface area contributed by atoms with Crippen LogP contribution in [0.1, 0.15) is 15.9 Å². The van der Waals surface area contributed by atoms with E-state index in [0.717, 1.165) is 11.6 Å². The number of amides is 1. The minimum absolute atomic E-state index is 0.0351. The Bertz CT molecular complexity index is 802. The minimum Gasteiger partial charge on any atom is -0.355 e. The minimum atomic E-state index is -3.88. The third-order valence-electron chi connectivity index (χ3n) is 3.03. The van der Waals surface area contributed by atoms with Crippen molar-refractivity contribution in [2.45, 2.75) is 11.8 Å². The van der Waals surface area contributed by atoms with E-state index in [2.05, 4.69) is 10.0 Å². The molecule has 0 spiro atoms. The van der Waals surface area contributed by atoms with Gasteiger partial charge in [-0.15, -0.1) is 0 Å². The number of nitrogens with one attached hydrogen (secondary N) is 2. The maximum atomic E-state index is 14.0. The summed E-state index contributed by atoms with van der Waals surface area (Å²) in [5, 5.41) is 2.36. The van der Waals surface area contributed by atoms with Gasteiger partial charge in [-0.3, -0.25) is 9.52 Å². The maximum absolute atomic E-state index is 14.0. The highest BCUT2D eigenvalue weighted by molar-refractivity contribution is 7.92. The summed E-state index contributed by atoms with van der Waals surface area (Å²) in [6.07, 6.45) is 0. The molecule has 0 aliphatic heterocycles. The fraction of sp³-hybridized carbons (Fsp3) is 0.133. The van der Waals surface area contributed by atoms with Gasteiger partial charge in [-0.1, -0.05) is 17.7 Å². The number of rotatable bonds is 4. The largest absolute Gasteiger partial charge is 0.355 e. The monoisotopic (exact) mass is 322 g/mol. The molecule has 2 rings (SSSR count). The summed E-state index contributed by atoms with van der Waals surface area (Å²) in [6.45, 7) is 1.83. The van der Waals surface area contributed by atoms with Crippen LogP contribution in [0.4, 0.5) is 10.1 Å². The second kappa shape index (κ2) is 6.15. The lowest BCUT2D eigenvalue weighted by Gasteiger charge is -2.10. The first-order valence-electron chi connectivity index (χ1n) is 6.44. The molecule has 22 heavy (non-hydrogen) atoms. The summed E-state index contributed by atoms with van der Waals surface area (Å²) in [5.41, 5.74) is 0.812. The Morgan fingerprint density at radius 2 is 1.73 bits per heavy atom. The molecular weight excluding hydrogens is 307 g/mol. The summed E-state index contributed by atoms with van der Waals surface area (Å²) in [4.78, 5) is 11.4.